The third kappa shape index (κ3) is 6.40. The van der Waals surface area contributed by atoms with E-state index in [2.05, 4.69) is 10.3 Å². The first-order chi connectivity index (χ1) is 15.7. The number of alkyl carbamates (subject to hydrolysis) is 1. The molecule has 0 aliphatic carbocycles. The van der Waals surface area contributed by atoms with Crippen molar-refractivity contribution in [3.63, 3.8) is 0 Å². The highest BCUT2D eigenvalue weighted by molar-refractivity contribution is 7.86. The summed E-state index contributed by atoms with van der Waals surface area (Å²) < 4.78 is 33.3. The molecule has 12 heteroatoms. The number of hydrogen-bond donors (Lipinski definition) is 3. The van der Waals surface area contributed by atoms with Crippen LogP contribution in [0.25, 0.3) is 10.9 Å². The second kappa shape index (κ2) is 9.53. The highest BCUT2D eigenvalue weighted by Gasteiger charge is 2.37. The Bertz CT molecular complexity index is 1200. The minimum absolute atomic E-state index is 0.0579. The molecule has 3 amide bonds. The highest BCUT2D eigenvalue weighted by atomic mass is 32.2. The van der Waals surface area contributed by atoms with Crippen LogP contribution in [-0.2, 0) is 30.9 Å². The van der Waals surface area contributed by atoms with Gasteiger partial charge in [-0.15, -0.1) is 0 Å². The van der Waals surface area contributed by atoms with Gasteiger partial charge in [0.25, 0.3) is 0 Å². The van der Waals surface area contributed by atoms with Gasteiger partial charge in [-0.1, -0.05) is 0 Å². The molecule has 1 fully saturated rings. The molecule has 1 aliphatic rings. The molecular weight excluding hydrogens is 464 g/mol. The van der Waals surface area contributed by atoms with E-state index in [0.717, 1.165) is 6.26 Å². The number of H-pyrrole nitrogens is 1. The van der Waals surface area contributed by atoms with E-state index in [1.54, 1.807) is 39.1 Å². The standard InChI is InChI=1S/C22H30N4O7S/c1-22(2,3)32-21(29)25-17(20(28)26-9-5-6-18(26)19(23)27)10-13-12-24-16-8-7-14(11-15(13)16)33-34(4,30)31/h7-8,11-12,17-18,24H,5-6,9-10H2,1-4H3,(H2,23,27)(H,25,29)/t17-,18-/m0/s1. The van der Waals surface area contributed by atoms with Gasteiger partial charge in [-0.05, 0) is 57.4 Å². The van der Waals surface area contributed by atoms with E-state index >= 15 is 0 Å². The van der Waals surface area contributed by atoms with Gasteiger partial charge in [0.2, 0.25) is 11.8 Å². The Hall–Kier alpha value is -3.28. The fourth-order valence-corrected chi connectivity index (χ4v) is 4.40. The Balaban J connectivity index is 1.92. The van der Waals surface area contributed by atoms with Gasteiger partial charge in [0.15, 0.2) is 0 Å². The van der Waals surface area contributed by atoms with Crippen LogP contribution < -0.4 is 15.2 Å². The second-order valence-electron chi connectivity index (χ2n) is 9.30. The van der Waals surface area contributed by atoms with Crippen LogP contribution in [0.5, 0.6) is 5.75 Å². The summed E-state index contributed by atoms with van der Waals surface area (Å²) in [6.07, 6.45) is 2.97. The summed E-state index contributed by atoms with van der Waals surface area (Å²) in [5.74, 6) is -0.936. The number of nitrogens with two attached hydrogens (primary N) is 1. The molecule has 0 spiro atoms. The third-order valence-corrected chi connectivity index (χ3v) is 5.76. The van der Waals surface area contributed by atoms with E-state index in [1.807, 2.05) is 0 Å². The molecule has 0 unspecified atom stereocenters. The van der Waals surface area contributed by atoms with Crippen molar-refractivity contribution in [2.45, 2.75) is 57.7 Å². The number of carbonyl (C=O) groups is 3. The smallest absolute Gasteiger partial charge is 0.408 e. The first-order valence-corrected chi connectivity index (χ1v) is 12.6. The van der Waals surface area contributed by atoms with Crippen LogP contribution in [-0.4, -0.2) is 66.7 Å². The van der Waals surface area contributed by atoms with E-state index in [4.69, 9.17) is 14.7 Å². The third-order valence-electron chi connectivity index (χ3n) is 5.26. The van der Waals surface area contributed by atoms with Gasteiger partial charge >= 0.3 is 16.2 Å². The van der Waals surface area contributed by atoms with Crippen LogP contribution in [0.1, 0.15) is 39.2 Å². The van der Waals surface area contributed by atoms with Crippen molar-refractivity contribution in [1.29, 1.82) is 0 Å². The summed E-state index contributed by atoms with van der Waals surface area (Å²) in [6, 6.07) is 2.91. The number of aromatic nitrogens is 1. The lowest BCUT2D eigenvalue weighted by Gasteiger charge is -2.28. The lowest BCUT2D eigenvalue weighted by atomic mass is 10.0. The largest absolute Gasteiger partial charge is 0.444 e. The molecule has 0 saturated carbocycles. The van der Waals surface area contributed by atoms with Crippen LogP contribution in [0, 0.1) is 0 Å². The van der Waals surface area contributed by atoms with Crippen molar-refractivity contribution in [2.75, 3.05) is 12.8 Å². The van der Waals surface area contributed by atoms with Gasteiger partial charge in [0.1, 0.15) is 23.4 Å². The van der Waals surface area contributed by atoms with Crippen molar-refractivity contribution in [1.82, 2.24) is 15.2 Å². The number of benzene rings is 1. The Labute approximate surface area is 198 Å². The van der Waals surface area contributed by atoms with Crippen molar-refractivity contribution < 1.29 is 31.7 Å². The summed E-state index contributed by atoms with van der Waals surface area (Å²) in [5.41, 5.74) is 6.02. The Morgan fingerprint density at radius 2 is 2.00 bits per heavy atom. The molecule has 0 bridgehead atoms. The topological polar surface area (TPSA) is 161 Å². The molecule has 186 valence electrons. The predicted molar refractivity (Wildman–Crippen MR) is 125 cm³/mol. The minimum atomic E-state index is -3.73. The zero-order chi connectivity index (χ0) is 25.3. The number of aromatic amines is 1. The minimum Gasteiger partial charge on any atom is -0.444 e. The number of hydrogen-bond acceptors (Lipinski definition) is 7. The second-order valence-corrected chi connectivity index (χ2v) is 10.9. The SMILES string of the molecule is CC(C)(C)OC(=O)N[C@@H](Cc1c[nH]c2ccc(OS(C)(=O)=O)cc12)C(=O)N1CCC[C@H]1C(N)=O. The molecule has 1 aromatic heterocycles. The van der Waals surface area contributed by atoms with E-state index in [1.165, 1.54) is 11.0 Å². The maximum Gasteiger partial charge on any atom is 0.408 e. The Morgan fingerprint density at radius 3 is 2.62 bits per heavy atom. The number of nitrogens with zero attached hydrogens (tertiary/aromatic N) is 1. The summed E-state index contributed by atoms with van der Waals surface area (Å²) in [5, 5.41) is 3.24. The highest BCUT2D eigenvalue weighted by Crippen LogP contribution is 2.27. The van der Waals surface area contributed by atoms with Gasteiger partial charge in [-0.25, -0.2) is 4.79 Å². The molecule has 1 saturated heterocycles. The van der Waals surface area contributed by atoms with E-state index in [9.17, 15) is 22.8 Å². The molecule has 4 N–H and O–H groups in total. The zero-order valence-corrected chi connectivity index (χ0v) is 20.4. The maximum atomic E-state index is 13.4. The molecule has 2 aromatic rings. The molecule has 2 heterocycles. The molecule has 1 aliphatic heterocycles. The van der Waals surface area contributed by atoms with E-state index < -0.39 is 45.7 Å². The van der Waals surface area contributed by atoms with Crippen LogP contribution in [0.2, 0.25) is 0 Å². The average Bonchev–Trinajstić information content (AvgIpc) is 3.31. The lowest BCUT2D eigenvalue weighted by Crippen LogP contribution is -2.54. The predicted octanol–water partition coefficient (Wildman–Crippen LogP) is 1.42. The molecule has 1 aromatic carbocycles. The van der Waals surface area contributed by atoms with Gasteiger partial charge in [0.05, 0.1) is 6.26 Å². The quantitative estimate of drug-likeness (QED) is 0.490. The number of fused-ring (bicyclic) bond motifs is 1. The van der Waals surface area contributed by atoms with Crippen molar-refractivity contribution in [2.24, 2.45) is 5.73 Å². The van der Waals surface area contributed by atoms with Crippen LogP contribution in [0.4, 0.5) is 4.79 Å². The first-order valence-electron chi connectivity index (χ1n) is 10.8. The summed E-state index contributed by atoms with van der Waals surface area (Å²) in [6.45, 7) is 5.46. The fraction of sp³-hybridized carbons (Fsp3) is 0.500. The first kappa shape index (κ1) is 25.3. The number of primary amides is 1. The molecular formula is C22H30N4O7S. The average molecular weight is 495 g/mol. The van der Waals surface area contributed by atoms with Gasteiger partial charge in [-0.2, -0.15) is 8.42 Å². The molecule has 34 heavy (non-hydrogen) atoms. The maximum absolute atomic E-state index is 13.4. The van der Waals surface area contributed by atoms with Gasteiger partial charge in [-0.3, -0.25) is 9.59 Å². The number of nitrogens with one attached hydrogen (secondary N) is 2. The van der Waals surface area contributed by atoms with Gasteiger partial charge < -0.3 is 29.9 Å². The summed E-state index contributed by atoms with van der Waals surface area (Å²) in [7, 11) is -3.73. The number of carbonyl (C=O) groups excluding carboxylic acids is 3. The number of ether oxygens (including phenoxy) is 1. The summed E-state index contributed by atoms with van der Waals surface area (Å²) >= 11 is 0. The normalized spacial score (nSPS) is 17.4. The van der Waals surface area contributed by atoms with Gasteiger partial charge in [0, 0.05) is 30.1 Å². The van der Waals surface area contributed by atoms with Crippen molar-refractivity contribution in [3.05, 3.63) is 30.0 Å². The number of likely N-dealkylation sites (tertiary alicyclic amines) is 1. The Morgan fingerprint density at radius 1 is 1.29 bits per heavy atom. The molecule has 0 radical (unpaired) electrons. The Kier molecular flexibility index (Phi) is 7.10. The van der Waals surface area contributed by atoms with E-state index in [0.29, 0.717) is 35.9 Å². The summed E-state index contributed by atoms with van der Waals surface area (Å²) in [4.78, 5) is 42.2. The monoisotopic (exact) mass is 494 g/mol. The molecule has 3 rings (SSSR count). The molecule has 11 nitrogen and oxygen atoms in total. The number of rotatable bonds is 7. The lowest BCUT2D eigenvalue weighted by molar-refractivity contribution is -0.139. The van der Waals surface area contributed by atoms with E-state index in [-0.39, 0.29) is 12.2 Å². The van der Waals surface area contributed by atoms with Crippen LogP contribution in [0.3, 0.4) is 0 Å². The van der Waals surface area contributed by atoms with Crippen LogP contribution in [0.15, 0.2) is 24.4 Å². The molecule has 2 atom stereocenters. The van der Waals surface area contributed by atoms with Crippen molar-refractivity contribution >= 4 is 38.9 Å². The zero-order valence-electron chi connectivity index (χ0n) is 19.6. The van der Waals surface area contributed by atoms with Crippen molar-refractivity contribution in [3.8, 4) is 5.75 Å². The number of amides is 3. The van der Waals surface area contributed by atoms with Crippen LogP contribution >= 0.6 is 0 Å². The fourth-order valence-electron chi connectivity index (χ4n) is 3.95.